The number of fused-ring (bicyclic) bond motifs is 5. The van der Waals surface area contributed by atoms with Gasteiger partial charge >= 0.3 is 0 Å². The summed E-state index contributed by atoms with van der Waals surface area (Å²) in [5.74, 6) is 3.29. The van der Waals surface area contributed by atoms with Crippen molar-refractivity contribution in [2.75, 3.05) is 6.54 Å². The van der Waals surface area contributed by atoms with Crippen LogP contribution in [0.2, 0.25) is 0 Å². The summed E-state index contributed by atoms with van der Waals surface area (Å²) < 4.78 is 0. The maximum absolute atomic E-state index is 12.0. The van der Waals surface area contributed by atoms with E-state index in [2.05, 4.69) is 42.4 Å². The van der Waals surface area contributed by atoms with Crippen LogP contribution in [0.1, 0.15) is 64.4 Å². The topological polar surface area (TPSA) is 42.0 Å². The van der Waals surface area contributed by atoms with Crippen molar-refractivity contribution in [1.82, 2.24) is 10.3 Å². The fourth-order valence-electron chi connectivity index (χ4n) is 7.50. The molecule has 3 aliphatic carbocycles. The van der Waals surface area contributed by atoms with Crippen LogP contribution in [0.25, 0.3) is 5.57 Å². The second-order valence-corrected chi connectivity index (χ2v) is 10.0. The van der Waals surface area contributed by atoms with E-state index in [0.29, 0.717) is 16.7 Å². The van der Waals surface area contributed by atoms with Gasteiger partial charge in [0.25, 0.3) is 0 Å². The summed E-state index contributed by atoms with van der Waals surface area (Å²) >= 11 is 0. The molecule has 0 aromatic carbocycles. The van der Waals surface area contributed by atoms with Gasteiger partial charge in [0, 0.05) is 25.4 Å². The second-order valence-electron chi connectivity index (χ2n) is 10.0. The van der Waals surface area contributed by atoms with Crippen LogP contribution in [0.15, 0.2) is 30.6 Å². The van der Waals surface area contributed by atoms with E-state index in [4.69, 9.17) is 0 Å². The zero-order valence-corrected chi connectivity index (χ0v) is 16.7. The summed E-state index contributed by atoms with van der Waals surface area (Å²) in [6, 6.07) is 4.31. The second kappa shape index (κ2) is 6.18. The van der Waals surface area contributed by atoms with Gasteiger partial charge in [0.15, 0.2) is 0 Å². The van der Waals surface area contributed by atoms with Crippen LogP contribution in [0, 0.1) is 34.5 Å². The Hall–Kier alpha value is -1.64. The number of carbonyl (C=O) groups excluding carboxylic acids is 1. The Kier molecular flexibility index (Phi) is 4.00. The van der Waals surface area contributed by atoms with Crippen molar-refractivity contribution < 1.29 is 4.79 Å². The summed E-state index contributed by atoms with van der Waals surface area (Å²) in [5.41, 5.74) is 3.50. The molecule has 0 bridgehead atoms. The van der Waals surface area contributed by atoms with Gasteiger partial charge in [-0.1, -0.05) is 26.0 Å². The van der Waals surface area contributed by atoms with E-state index < -0.39 is 0 Å². The summed E-state index contributed by atoms with van der Waals surface area (Å²) in [5, 5.41) is 3.19. The molecule has 1 aromatic rings. The Morgan fingerprint density at radius 3 is 2.85 bits per heavy atom. The smallest absolute Gasteiger partial charge is 0.220 e. The first kappa shape index (κ1) is 17.5. The number of aromatic nitrogens is 1. The molecule has 2 heterocycles. The summed E-state index contributed by atoms with van der Waals surface area (Å²) in [6.45, 7) is 5.94. The van der Waals surface area contributed by atoms with Crippen LogP contribution >= 0.6 is 0 Å². The monoisotopic (exact) mass is 364 g/mol. The number of rotatable bonds is 1. The minimum atomic E-state index is 0.268. The van der Waals surface area contributed by atoms with E-state index in [1.165, 1.54) is 37.7 Å². The standard InChI is InChI=1S/C24H32N2O/c1-23-12-10-22(27)26-15-17(23)5-6-18-20-8-7-19(16-4-3-13-25-14-16)24(20,2)11-9-21(18)23/h3-4,7,13-14,17-18,20-21H,5-6,8-12,15H2,1-2H3,(H,26,27)/t17-,18-,20-,21-,23-,24+/m0/s1. The Morgan fingerprint density at radius 1 is 1.15 bits per heavy atom. The van der Waals surface area contributed by atoms with Crippen LogP contribution in [0.5, 0.6) is 0 Å². The van der Waals surface area contributed by atoms with Crippen molar-refractivity contribution in [3.05, 3.63) is 36.2 Å². The molecule has 27 heavy (non-hydrogen) atoms. The maximum Gasteiger partial charge on any atom is 0.220 e. The molecule has 3 fully saturated rings. The number of nitrogens with one attached hydrogen (secondary N) is 1. The average Bonchev–Trinajstić information content (AvgIpc) is 2.95. The lowest BCUT2D eigenvalue weighted by Gasteiger charge is -2.58. The highest BCUT2D eigenvalue weighted by Gasteiger charge is 2.58. The average molecular weight is 365 g/mol. The zero-order chi connectivity index (χ0) is 18.6. The first-order valence-corrected chi connectivity index (χ1v) is 10.9. The molecule has 0 spiro atoms. The van der Waals surface area contributed by atoms with Crippen molar-refractivity contribution in [2.24, 2.45) is 34.5 Å². The third-order valence-electron chi connectivity index (χ3n) is 9.05. The molecule has 3 nitrogen and oxygen atoms in total. The minimum absolute atomic E-state index is 0.268. The quantitative estimate of drug-likeness (QED) is 0.774. The number of carbonyl (C=O) groups is 1. The van der Waals surface area contributed by atoms with Gasteiger partial charge in [-0.3, -0.25) is 9.78 Å². The number of allylic oxidation sites excluding steroid dienone is 2. The molecule has 2 saturated carbocycles. The largest absolute Gasteiger partial charge is 0.356 e. The van der Waals surface area contributed by atoms with Gasteiger partial charge in [0.1, 0.15) is 0 Å². The van der Waals surface area contributed by atoms with Gasteiger partial charge in [-0.15, -0.1) is 0 Å². The summed E-state index contributed by atoms with van der Waals surface area (Å²) in [4.78, 5) is 16.4. The predicted octanol–water partition coefficient (Wildman–Crippen LogP) is 4.84. The van der Waals surface area contributed by atoms with Gasteiger partial charge < -0.3 is 5.32 Å². The number of nitrogens with zero attached hydrogens (tertiary/aromatic N) is 1. The highest BCUT2D eigenvalue weighted by atomic mass is 16.1. The molecule has 5 rings (SSSR count). The molecule has 1 amide bonds. The van der Waals surface area contributed by atoms with Crippen molar-refractivity contribution in [3.8, 4) is 0 Å². The molecule has 3 heteroatoms. The normalized spacial score (nSPS) is 43.6. The SMILES string of the molecule is C[C@]12CCC(=O)NC[C@@H]1CC[C@@H]1[C@@H]2CC[C@]2(C)C(c3cccnc3)=CC[C@@H]12. The number of hydrogen-bond acceptors (Lipinski definition) is 2. The van der Waals surface area contributed by atoms with Crippen LogP contribution in [0.4, 0.5) is 0 Å². The Balaban J connectivity index is 1.45. The van der Waals surface area contributed by atoms with Gasteiger partial charge in [-0.05, 0) is 90.2 Å². The minimum Gasteiger partial charge on any atom is -0.356 e. The van der Waals surface area contributed by atoms with Crippen LogP contribution in [0.3, 0.4) is 0 Å². The lowest BCUT2D eigenvalue weighted by atomic mass is 9.46. The zero-order valence-electron chi connectivity index (χ0n) is 16.7. The highest BCUT2D eigenvalue weighted by Crippen LogP contribution is 2.66. The van der Waals surface area contributed by atoms with Crippen molar-refractivity contribution in [1.29, 1.82) is 0 Å². The van der Waals surface area contributed by atoms with E-state index >= 15 is 0 Å². The van der Waals surface area contributed by atoms with Crippen molar-refractivity contribution >= 4 is 11.5 Å². The Bertz CT molecular complexity index is 772. The third kappa shape index (κ3) is 2.53. The fourth-order valence-corrected chi connectivity index (χ4v) is 7.50. The third-order valence-corrected chi connectivity index (χ3v) is 9.05. The molecule has 1 N–H and O–H groups in total. The van der Waals surface area contributed by atoms with E-state index in [0.717, 1.165) is 37.1 Å². The van der Waals surface area contributed by atoms with Crippen LogP contribution in [-0.4, -0.2) is 17.4 Å². The number of pyridine rings is 1. The molecule has 1 aromatic heterocycles. The van der Waals surface area contributed by atoms with Crippen molar-refractivity contribution in [2.45, 2.75) is 58.8 Å². The molecule has 4 aliphatic rings. The summed E-state index contributed by atoms with van der Waals surface area (Å²) in [6.07, 6.45) is 14.7. The van der Waals surface area contributed by atoms with Gasteiger partial charge in [-0.25, -0.2) is 0 Å². The fraction of sp³-hybridized carbons (Fsp3) is 0.667. The molecule has 6 atom stereocenters. The molecule has 0 unspecified atom stereocenters. The molecule has 0 radical (unpaired) electrons. The predicted molar refractivity (Wildman–Crippen MR) is 108 cm³/mol. The number of hydrogen-bond donors (Lipinski definition) is 1. The molecule has 1 saturated heterocycles. The van der Waals surface area contributed by atoms with Crippen LogP contribution < -0.4 is 5.32 Å². The van der Waals surface area contributed by atoms with E-state index in [9.17, 15) is 4.79 Å². The highest BCUT2D eigenvalue weighted by molar-refractivity contribution is 5.76. The van der Waals surface area contributed by atoms with E-state index in [-0.39, 0.29) is 5.91 Å². The van der Waals surface area contributed by atoms with Gasteiger partial charge in [0.05, 0.1) is 0 Å². The first-order chi connectivity index (χ1) is 13.0. The lowest BCUT2D eigenvalue weighted by molar-refractivity contribution is -0.121. The van der Waals surface area contributed by atoms with Gasteiger partial charge in [0.2, 0.25) is 5.91 Å². The maximum atomic E-state index is 12.0. The number of amides is 1. The van der Waals surface area contributed by atoms with E-state index in [1.807, 2.05) is 12.4 Å². The van der Waals surface area contributed by atoms with Crippen LogP contribution in [-0.2, 0) is 4.79 Å². The Morgan fingerprint density at radius 2 is 2.04 bits per heavy atom. The molecular formula is C24H32N2O. The molecule has 144 valence electrons. The van der Waals surface area contributed by atoms with Crippen molar-refractivity contribution in [3.63, 3.8) is 0 Å². The summed E-state index contributed by atoms with van der Waals surface area (Å²) in [7, 11) is 0. The lowest BCUT2D eigenvalue weighted by Crippen LogP contribution is -2.52. The van der Waals surface area contributed by atoms with Gasteiger partial charge in [-0.2, -0.15) is 0 Å². The van der Waals surface area contributed by atoms with E-state index in [1.54, 1.807) is 5.57 Å². The Labute approximate surface area is 163 Å². The first-order valence-electron chi connectivity index (χ1n) is 10.9. The molecular weight excluding hydrogens is 332 g/mol. The molecule has 1 aliphatic heterocycles.